The fraction of sp³-hybridized carbons (Fsp3) is 0.250. The highest BCUT2D eigenvalue weighted by Crippen LogP contribution is 2.41. The van der Waals surface area contributed by atoms with Crippen LogP contribution in [0.25, 0.3) is 5.69 Å². The van der Waals surface area contributed by atoms with Crippen LogP contribution in [0, 0.1) is 5.82 Å². The lowest BCUT2D eigenvalue weighted by molar-refractivity contribution is 0.0683. The smallest absolute Gasteiger partial charge is 0.375 e. The molecule has 0 amide bonds. The number of aromatic nitrogens is 3. The molecular formula is C12H8Cl2FN3O2. The molecule has 1 fully saturated rings. The molecule has 1 aromatic heterocycles. The van der Waals surface area contributed by atoms with Crippen LogP contribution in [0.5, 0.6) is 0 Å². The van der Waals surface area contributed by atoms with Crippen molar-refractivity contribution >= 4 is 29.2 Å². The van der Waals surface area contributed by atoms with E-state index in [2.05, 4.69) is 10.1 Å². The predicted octanol–water partition coefficient (Wildman–Crippen LogP) is 3.29. The number of halogens is 3. The van der Waals surface area contributed by atoms with Crippen LogP contribution in [0.1, 0.15) is 35.2 Å². The summed E-state index contributed by atoms with van der Waals surface area (Å²) in [6, 6.07) is 2.20. The summed E-state index contributed by atoms with van der Waals surface area (Å²) in [7, 11) is 0. The average Bonchev–Trinajstić information content (AvgIpc) is 3.09. The van der Waals surface area contributed by atoms with Gasteiger partial charge in [0.05, 0.1) is 10.0 Å². The number of rotatable bonds is 3. The van der Waals surface area contributed by atoms with Gasteiger partial charge < -0.3 is 5.11 Å². The number of nitrogens with zero attached hydrogens (tertiary/aromatic N) is 3. The van der Waals surface area contributed by atoms with E-state index < -0.39 is 11.8 Å². The Bertz CT molecular complexity index is 690. The summed E-state index contributed by atoms with van der Waals surface area (Å²) < 4.78 is 14.5. The van der Waals surface area contributed by atoms with E-state index in [9.17, 15) is 9.18 Å². The van der Waals surface area contributed by atoms with Crippen LogP contribution in [-0.4, -0.2) is 25.8 Å². The maximum atomic E-state index is 13.2. The minimum absolute atomic E-state index is 0.0544. The fourth-order valence-electron chi connectivity index (χ4n) is 1.92. The first-order chi connectivity index (χ1) is 9.47. The Morgan fingerprint density at radius 2 is 1.95 bits per heavy atom. The van der Waals surface area contributed by atoms with Crippen molar-refractivity contribution in [3.8, 4) is 5.69 Å². The van der Waals surface area contributed by atoms with Crippen molar-refractivity contribution < 1.29 is 14.3 Å². The molecule has 1 heterocycles. The first-order valence-electron chi connectivity index (χ1n) is 5.82. The number of hydrogen-bond acceptors (Lipinski definition) is 3. The quantitative estimate of drug-likeness (QED) is 0.943. The zero-order chi connectivity index (χ0) is 14.4. The maximum absolute atomic E-state index is 13.2. The van der Waals surface area contributed by atoms with Gasteiger partial charge in [0.15, 0.2) is 0 Å². The molecule has 0 unspecified atom stereocenters. The van der Waals surface area contributed by atoms with Crippen molar-refractivity contribution in [2.75, 3.05) is 0 Å². The number of hydrogen-bond donors (Lipinski definition) is 1. The van der Waals surface area contributed by atoms with Crippen molar-refractivity contribution in [1.29, 1.82) is 0 Å². The summed E-state index contributed by atoms with van der Waals surface area (Å²) in [6.45, 7) is 0. The standard InChI is InChI=1S/C12H8Cl2FN3O2/c13-7-3-6(15)4-8(14)9(7)18-11(5-1-2-5)16-10(17-18)12(19)20/h3-5H,1-2H2,(H,19,20). The van der Waals surface area contributed by atoms with Crippen LogP contribution < -0.4 is 0 Å². The molecule has 3 rings (SSSR count). The van der Waals surface area contributed by atoms with Gasteiger partial charge in [-0.05, 0) is 25.0 Å². The van der Waals surface area contributed by atoms with Gasteiger partial charge in [0, 0.05) is 5.92 Å². The van der Waals surface area contributed by atoms with E-state index in [-0.39, 0.29) is 27.5 Å². The second-order valence-corrected chi connectivity index (χ2v) is 5.32. The van der Waals surface area contributed by atoms with Gasteiger partial charge in [-0.3, -0.25) is 0 Å². The third-order valence-electron chi connectivity index (χ3n) is 2.96. The van der Waals surface area contributed by atoms with Crippen molar-refractivity contribution in [1.82, 2.24) is 14.8 Å². The average molecular weight is 316 g/mol. The molecule has 0 aliphatic heterocycles. The molecule has 0 saturated heterocycles. The molecule has 8 heteroatoms. The van der Waals surface area contributed by atoms with Crippen molar-refractivity contribution in [3.63, 3.8) is 0 Å². The summed E-state index contributed by atoms with van der Waals surface area (Å²) in [5.74, 6) is -1.52. The lowest BCUT2D eigenvalue weighted by atomic mass is 10.3. The van der Waals surface area contributed by atoms with Crippen LogP contribution in [-0.2, 0) is 0 Å². The van der Waals surface area contributed by atoms with E-state index in [4.69, 9.17) is 28.3 Å². The maximum Gasteiger partial charge on any atom is 0.375 e. The molecule has 20 heavy (non-hydrogen) atoms. The van der Waals surface area contributed by atoms with Crippen molar-refractivity contribution in [2.24, 2.45) is 0 Å². The Morgan fingerprint density at radius 1 is 1.35 bits per heavy atom. The second kappa shape index (κ2) is 4.71. The highest BCUT2D eigenvalue weighted by Gasteiger charge is 2.32. The summed E-state index contributed by atoms with van der Waals surface area (Å²) in [5.41, 5.74) is 0.247. The largest absolute Gasteiger partial charge is 0.475 e. The Morgan fingerprint density at radius 3 is 2.45 bits per heavy atom. The highest BCUT2D eigenvalue weighted by atomic mass is 35.5. The third-order valence-corrected chi connectivity index (χ3v) is 3.54. The van der Waals surface area contributed by atoms with Crippen molar-refractivity contribution in [3.05, 3.63) is 39.6 Å². The Balaban J connectivity index is 2.21. The highest BCUT2D eigenvalue weighted by molar-refractivity contribution is 6.37. The van der Waals surface area contributed by atoms with E-state index in [1.807, 2.05) is 0 Å². The molecule has 1 aromatic carbocycles. The predicted molar refractivity (Wildman–Crippen MR) is 70.3 cm³/mol. The Kier molecular flexibility index (Phi) is 3.14. The van der Waals surface area contributed by atoms with E-state index in [1.165, 1.54) is 4.68 Å². The summed E-state index contributed by atoms with van der Waals surface area (Å²) in [4.78, 5) is 15.0. The molecule has 5 nitrogen and oxygen atoms in total. The number of carboxylic acids is 1. The molecular weight excluding hydrogens is 308 g/mol. The second-order valence-electron chi connectivity index (χ2n) is 4.50. The monoisotopic (exact) mass is 315 g/mol. The molecule has 104 valence electrons. The number of carboxylic acid groups (broad SMARTS) is 1. The van der Waals surface area contributed by atoms with Crippen molar-refractivity contribution in [2.45, 2.75) is 18.8 Å². The molecule has 1 N–H and O–H groups in total. The molecule has 1 aliphatic rings. The van der Waals surface area contributed by atoms with E-state index in [1.54, 1.807) is 0 Å². The van der Waals surface area contributed by atoms with Gasteiger partial charge in [-0.2, -0.15) is 0 Å². The normalized spacial score (nSPS) is 14.6. The summed E-state index contributed by atoms with van der Waals surface area (Å²) in [5, 5.41) is 13.0. The summed E-state index contributed by atoms with van der Waals surface area (Å²) in [6.07, 6.45) is 1.79. The Labute approximate surface area is 122 Å². The van der Waals surface area contributed by atoms with E-state index >= 15 is 0 Å². The van der Waals surface area contributed by atoms with E-state index in [0.717, 1.165) is 25.0 Å². The SMILES string of the molecule is O=C(O)c1nc(C2CC2)n(-c2c(Cl)cc(F)cc2Cl)n1. The van der Waals surface area contributed by atoms with E-state index in [0.29, 0.717) is 5.82 Å². The zero-order valence-corrected chi connectivity index (χ0v) is 11.5. The third kappa shape index (κ3) is 2.25. The summed E-state index contributed by atoms with van der Waals surface area (Å²) >= 11 is 12.0. The minimum atomic E-state index is -1.24. The van der Waals surface area contributed by atoms with Crippen LogP contribution >= 0.6 is 23.2 Å². The van der Waals surface area contributed by atoms with Gasteiger partial charge in [0.2, 0.25) is 0 Å². The number of benzene rings is 1. The fourth-order valence-corrected chi connectivity index (χ4v) is 2.54. The van der Waals surface area contributed by atoms with Crippen LogP contribution in [0.15, 0.2) is 12.1 Å². The lowest BCUT2D eigenvalue weighted by Gasteiger charge is -2.09. The molecule has 1 saturated carbocycles. The van der Waals surface area contributed by atoms with Gasteiger partial charge in [-0.1, -0.05) is 23.2 Å². The lowest BCUT2D eigenvalue weighted by Crippen LogP contribution is -2.05. The first-order valence-corrected chi connectivity index (χ1v) is 6.58. The van der Waals surface area contributed by atoms with Crippen LogP contribution in [0.2, 0.25) is 10.0 Å². The molecule has 0 atom stereocenters. The number of aromatic carboxylic acids is 1. The van der Waals surface area contributed by atoms with Crippen LogP contribution in [0.4, 0.5) is 4.39 Å². The van der Waals surface area contributed by atoms with Gasteiger partial charge in [-0.15, -0.1) is 5.10 Å². The van der Waals surface area contributed by atoms with Gasteiger partial charge >= 0.3 is 5.97 Å². The molecule has 2 aromatic rings. The zero-order valence-electron chi connectivity index (χ0n) is 9.98. The van der Waals surface area contributed by atoms with Gasteiger partial charge in [0.1, 0.15) is 17.3 Å². The Hall–Kier alpha value is -1.66. The molecule has 0 spiro atoms. The van der Waals surface area contributed by atoms with Gasteiger partial charge in [-0.25, -0.2) is 18.9 Å². The minimum Gasteiger partial charge on any atom is -0.475 e. The van der Waals surface area contributed by atoms with Gasteiger partial charge in [0.25, 0.3) is 5.82 Å². The first kappa shape index (κ1) is 13.3. The molecule has 0 radical (unpaired) electrons. The van der Waals surface area contributed by atoms with Crippen LogP contribution in [0.3, 0.4) is 0 Å². The number of carbonyl (C=O) groups is 1. The molecule has 1 aliphatic carbocycles. The molecule has 0 bridgehead atoms. The topological polar surface area (TPSA) is 68.0 Å².